The Kier molecular flexibility index (Phi) is 7.51. The number of thioether (sulfide) groups is 2. The SMILES string of the molecule is CN(C)CCOc1ccc(-c2oc3ncc(F)c(NCC4SCCS4)c3c2-c2ccccc2)cc1. The van der Waals surface area contributed by atoms with E-state index in [9.17, 15) is 0 Å². The number of aromatic nitrogens is 1. The highest BCUT2D eigenvalue weighted by Gasteiger charge is 2.24. The van der Waals surface area contributed by atoms with Gasteiger partial charge in [-0.2, -0.15) is 0 Å². The van der Waals surface area contributed by atoms with Crippen LogP contribution in [0.3, 0.4) is 0 Å². The number of benzene rings is 2. The first-order chi connectivity index (χ1) is 17.1. The van der Waals surface area contributed by atoms with Gasteiger partial charge >= 0.3 is 0 Å². The molecule has 5 rings (SSSR count). The molecule has 5 nitrogen and oxygen atoms in total. The highest BCUT2D eigenvalue weighted by atomic mass is 32.2. The van der Waals surface area contributed by atoms with Gasteiger partial charge in [-0.25, -0.2) is 9.37 Å². The predicted octanol–water partition coefficient (Wildman–Crippen LogP) is 6.46. The molecule has 1 saturated heterocycles. The number of furan rings is 1. The molecule has 8 heteroatoms. The van der Waals surface area contributed by atoms with Gasteiger partial charge in [0.2, 0.25) is 5.71 Å². The normalized spacial score (nSPS) is 14.2. The van der Waals surface area contributed by atoms with E-state index in [0.29, 0.717) is 40.3 Å². The molecule has 0 amide bonds. The number of pyridine rings is 1. The van der Waals surface area contributed by atoms with Gasteiger partial charge in [0, 0.05) is 35.7 Å². The van der Waals surface area contributed by atoms with Crippen LogP contribution in [-0.4, -0.2) is 59.8 Å². The number of ether oxygens (including phenoxy) is 1. The fourth-order valence-corrected chi connectivity index (χ4v) is 6.72. The Balaban J connectivity index is 1.55. The molecule has 0 radical (unpaired) electrons. The summed E-state index contributed by atoms with van der Waals surface area (Å²) in [5.74, 6) is 3.35. The lowest BCUT2D eigenvalue weighted by Gasteiger charge is -2.13. The highest BCUT2D eigenvalue weighted by Crippen LogP contribution is 2.44. The molecular formula is C27H28FN3O2S2. The van der Waals surface area contributed by atoms with Crippen molar-refractivity contribution >= 4 is 40.3 Å². The van der Waals surface area contributed by atoms with Crippen molar-refractivity contribution in [2.45, 2.75) is 4.58 Å². The van der Waals surface area contributed by atoms with Crippen molar-refractivity contribution in [3.8, 4) is 28.2 Å². The molecule has 4 aromatic rings. The number of hydrogen-bond donors (Lipinski definition) is 1. The van der Waals surface area contributed by atoms with Crippen LogP contribution < -0.4 is 10.1 Å². The lowest BCUT2D eigenvalue weighted by Crippen LogP contribution is -2.19. The minimum atomic E-state index is -0.375. The zero-order valence-corrected chi connectivity index (χ0v) is 21.4. The van der Waals surface area contributed by atoms with Crippen LogP contribution in [0, 0.1) is 5.82 Å². The van der Waals surface area contributed by atoms with E-state index in [1.807, 2.05) is 92.2 Å². The third kappa shape index (κ3) is 5.44. The molecule has 3 heterocycles. The number of anilines is 1. The van der Waals surface area contributed by atoms with Gasteiger partial charge in [-0.15, -0.1) is 23.5 Å². The zero-order valence-electron chi connectivity index (χ0n) is 19.8. The predicted molar refractivity (Wildman–Crippen MR) is 146 cm³/mol. The van der Waals surface area contributed by atoms with Gasteiger partial charge in [-0.05, 0) is 43.9 Å². The van der Waals surface area contributed by atoms with Crippen LogP contribution in [0.25, 0.3) is 33.6 Å². The van der Waals surface area contributed by atoms with Crippen LogP contribution in [0.1, 0.15) is 0 Å². The number of nitrogens with one attached hydrogen (secondary N) is 1. The maximum atomic E-state index is 15.1. The molecule has 0 saturated carbocycles. The topological polar surface area (TPSA) is 50.5 Å². The van der Waals surface area contributed by atoms with E-state index >= 15 is 4.39 Å². The Labute approximate surface area is 213 Å². The molecule has 0 bridgehead atoms. The Bertz CT molecular complexity index is 1270. The van der Waals surface area contributed by atoms with Crippen LogP contribution in [0.5, 0.6) is 5.75 Å². The molecule has 1 N–H and O–H groups in total. The largest absolute Gasteiger partial charge is 0.492 e. The van der Waals surface area contributed by atoms with Crippen molar-refractivity contribution in [2.75, 3.05) is 50.6 Å². The quantitative estimate of drug-likeness (QED) is 0.278. The summed E-state index contributed by atoms with van der Waals surface area (Å²) in [6.07, 6.45) is 1.24. The molecule has 0 atom stereocenters. The Morgan fingerprint density at radius 3 is 2.51 bits per heavy atom. The van der Waals surface area contributed by atoms with Crippen molar-refractivity contribution < 1.29 is 13.5 Å². The first-order valence-corrected chi connectivity index (χ1v) is 13.7. The van der Waals surface area contributed by atoms with Crippen LogP contribution in [0.4, 0.5) is 10.1 Å². The number of nitrogens with zero attached hydrogens (tertiary/aromatic N) is 2. The first kappa shape index (κ1) is 24.0. The monoisotopic (exact) mass is 509 g/mol. The van der Waals surface area contributed by atoms with E-state index < -0.39 is 0 Å². The zero-order chi connectivity index (χ0) is 24.2. The summed E-state index contributed by atoms with van der Waals surface area (Å²) in [6.45, 7) is 2.13. The average molecular weight is 510 g/mol. The molecule has 1 aliphatic heterocycles. The Morgan fingerprint density at radius 1 is 1.06 bits per heavy atom. The van der Waals surface area contributed by atoms with E-state index in [4.69, 9.17) is 9.15 Å². The Hall–Kier alpha value is -2.68. The van der Waals surface area contributed by atoms with Crippen LogP contribution >= 0.6 is 23.5 Å². The molecule has 1 fully saturated rings. The first-order valence-electron chi connectivity index (χ1n) is 11.6. The fourth-order valence-electron chi connectivity index (χ4n) is 4.06. The number of likely N-dealkylation sites (N-methyl/N-ethyl adjacent to an activating group) is 1. The molecule has 182 valence electrons. The summed E-state index contributed by atoms with van der Waals surface area (Å²) >= 11 is 3.82. The van der Waals surface area contributed by atoms with Crippen molar-refractivity contribution in [1.82, 2.24) is 9.88 Å². The summed E-state index contributed by atoms with van der Waals surface area (Å²) in [5.41, 5.74) is 3.53. The number of hydrogen-bond acceptors (Lipinski definition) is 7. The average Bonchev–Trinajstić information content (AvgIpc) is 3.52. The van der Waals surface area contributed by atoms with Crippen molar-refractivity contribution in [3.63, 3.8) is 0 Å². The van der Waals surface area contributed by atoms with Gasteiger partial charge in [0.05, 0.1) is 21.9 Å². The van der Waals surface area contributed by atoms with Crippen molar-refractivity contribution in [1.29, 1.82) is 0 Å². The fraction of sp³-hybridized carbons (Fsp3) is 0.296. The van der Waals surface area contributed by atoms with Gasteiger partial charge in [-0.3, -0.25) is 0 Å². The van der Waals surface area contributed by atoms with E-state index in [-0.39, 0.29) is 5.82 Å². The lowest BCUT2D eigenvalue weighted by molar-refractivity contribution is 0.261. The molecule has 0 spiro atoms. The second-order valence-electron chi connectivity index (χ2n) is 8.56. The van der Waals surface area contributed by atoms with Gasteiger partial charge in [0.15, 0.2) is 5.82 Å². The third-order valence-electron chi connectivity index (χ3n) is 5.80. The van der Waals surface area contributed by atoms with E-state index in [0.717, 1.165) is 40.5 Å². The molecule has 35 heavy (non-hydrogen) atoms. The summed E-state index contributed by atoms with van der Waals surface area (Å²) in [7, 11) is 4.04. The van der Waals surface area contributed by atoms with Gasteiger partial charge in [0.1, 0.15) is 18.1 Å². The van der Waals surface area contributed by atoms with E-state index in [1.165, 1.54) is 6.20 Å². The second-order valence-corrected chi connectivity index (χ2v) is 11.5. The summed E-state index contributed by atoms with van der Waals surface area (Å²) in [6, 6.07) is 17.8. The van der Waals surface area contributed by atoms with E-state index in [2.05, 4.69) is 15.2 Å². The molecule has 2 aromatic carbocycles. The van der Waals surface area contributed by atoms with Crippen LogP contribution in [0.15, 0.2) is 65.2 Å². The second kappa shape index (κ2) is 10.9. The van der Waals surface area contributed by atoms with Gasteiger partial charge in [0.25, 0.3) is 0 Å². The van der Waals surface area contributed by atoms with Gasteiger partial charge in [-0.1, -0.05) is 30.3 Å². The smallest absolute Gasteiger partial charge is 0.229 e. The number of halogens is 1. The lowest BCUT2D eigenvalue weighted by atomic mass is 9.98. The number of fused-ring (bicyclic) bond motifs is 1. The summed E-state index contributed by atoms with van der Waals surface area (Å²) in [4.78, 5) is 6.39. The van der Waals surface area contributed by atoms with Crippen LogP contribution in [-0.2, 0) is 0 Å². The minimum absolute atomic E-state index is 0.375. The summed E-state index contributed by atoms with van der Waals surface area (Å²) < 4.78 is 27.7. The minimum Gasteiger partial charge on any atom is -0.492 e. The van der Waals surface area contributed by atoms with Crippen molar-refractivity contribution in [2.24, 2.45) is 0 Å². The molecule has 2 aromatic heterocycles. The third-order valence-corrected chi connectivity index (χ3v) is 8.83. The molecular weight excluding hydrogens is 481 g/mol. The molecule has 0 aliphatic carbocycles. The molecule has 0 unspecified atom stereocenters. The molecule has 1 aliphatic rings. The van der Waals surface area contributed by atoms with Crippen molar-refractivity contribution in [3.05, 3.63) is 66.6 Å². The maximum Gasteiger partial charge on any atom is 0.229 e. The van der Waals surface area contributed by atoms with Gasteiger partial charge < -0.3 is 19.4 Å². The van der Waals surface area contributed by atoms with Crippen LogP contribution in [0.2, 0.25) is 0 Å². The van der Waals surface area contributed by atoms with E-state index in [1.54, 1.807) is 0 Å². The maximum absolute atomic E-state index is 15.1. The Morgan fingerprint density at radius 2 is 1.80 bits per heavy atom. The highest BCUT2D eigenvalue weighted by molar-refractivity contribution is 8.20. The standard InChI is InChI=1S/C27H28FN3O2S2/c1-31(2)12-13-32-20-10-8-19(9-11-20)26-23(18-6-4-3-5-7-18)24-25(21(28)16-30-27(24)33-26)29-17-22-34-14-15-35-22/h3-11,16,22H,12-15,17H2,1-2H3,(H,29,30). The summed E-state index contributed by atoms with van der Waals surface area (Å²) in [5, 5.41) is 4.05. The number of rotatable bonds is 9.